The molecule has 0 spiro atoms. The van der Waals surface area contributed by atoms with Crippen LogP contribution in [0.1, 0.15) is 23.2 Å². The summed E-state index contributed by atoms with van der Waals surface area (Å²) in [5.41, 5.74) is 0.534. The van der Waals surface area contributed by atoms with Gasteiger partial charge in [0.05, 0.1) is 5.02 Å². The van der Waals surface area contributed by atoms with Crippen LogP contribution in [0, 0.1) is 5.92 Å². The molecule has 5 nitrogen and oxygen atoms in total. The lowest BCUT2D eigenvalue weighted by Crippen LogP contribution is -2.26. The molecule has 24 heavy (non-hydrogen) atoms. The Hall–Kier alpha value is -2.11. The Balaban J connectivity index is 1.56. The Morgan fingerprint density at radius 1 is 1.33 bits per heavy atom. The van der Waals surface area contributed by atoms with Crippen LogP contribution >= 0.6 is 11.6 Å². The Morgan fingerprint density at radius 3 is 2.88 bits per heavy atom. The average Bonchev–Trinajstić information content (AvgIpc) is 3.11. The van der Waals surface area contributed by atoms with Crippen molar-refractivity contribution < 1.29 is 9.53 Å². The van der Waals surface area contributed by atoms with Gasteiger partial charge in [0.1, 0.15) is 11.5 Å². The first-order valence-corrected chi connectivity index (χ1v) is 8.46. The molecule has 1 aliphatic heterocycles. The first-order chi connectivity index (χ1) is 11.7. The lowest BCUT2D eigenvalue weighted by Gasteiger charge is -2.11. The van der Waals surface area contributed by atoms with Crippen LogP contribution in [0.15, 0.2) is 42.7 Å². The SMILES string of the molecule is O=C(NCCC1CCNC1)c1ccc(Oc2ccncc2)c(Cl)c1. The molecule has 0 bridgehead atoms. The molecule has 6 heteroatoms. The summed E-state index contributed by atoms with van der Waals surface area (Å²) in [7, 11) is 0. The molecule has 2 heterocycles. The second kappa shape index (κ2) is 8.13. The first kappa shape index (κ1) is 16.7. The van der Waals surface area contributed by atoms with Gasteiger partial charge in [0.25, 0.3) is 5.91 Å². The largest absolute Gasteiger partial charge is 0.456 e. The van der Waals surface area contributed by atoms with Gasteiger partial charge >= 0.3 is 0 Å². The van der Waals surface area contributed by atoms with Crippen LogP contribution in [-0.2, 0) is 0 Å². The summed E-state index contributed by atoms with van der Waals surface area (Å²) in [5, 5.41) is 6.68. The van der Waals surface area contributed by atoms with Gasteiger partial charge in [-0.25, -0.2) is 0 Å². The van der Waals surface area contributed by atoms with E-state index in [9.17, 15) is 4.79 Å². The van der Waals surface area contributed by atoms with Crippen molar-refractivity contribution in [1.29, 1.82) is 0 Å². The highest BCUT2D eigenvalue weighted by Gasteiger charge is 2.15. The summed E-state index contributed by atoms with van der Waals surface area (Å²) in [6.45, 7) is 2.80. The minimum atomic E-state index is -0.113. The van der Waals surface area contributed by atoms with Crippen LogP contribution < -0.4 is 15.4 Å². The molecular weight excluding hydrogens is 326 g/mol. The topological polar surface area (TPSA) is 63.2 Å². The summed E-state index contributed by atoms with van der Waals surface area (Å²) in [5.74, 6) is 1.70. The van der Waals surface area contributed by atoms with Crippen molar-refractivity contribution in [2.45, 2.75) is 12.8 Å². The number of pyridine rings is 1. The molecule has 0 saturated carbocycles. The fourth-order valence-corrected chi connectivity index (χ4v) is 2.93. The molecule has 0 aliphatic carbocycles. The third kappa shape index (κ3) is 4.46. The van der Waals surface area contributed by atoms with E-state index < -0.39 is 0 Å². The Labute approximate surface area is 146 Å². The van der Waals surface area contributed by atoms with Gasteiger partial charge in [0, 0.05) is 24.5 Å². The fraction of sp³-hybridized carbons (Fsp3) is 0.333. The number of aromatic nitrogens is 1. The Bertz CT molecular complexity index is 688. The number of hydrogen-bond acceptors (Lipinski definition) is 4. The molecule has 1 saturated heterocycles. The van der Waals surface area contributed by atoms with E-state index in [0.29, 0.717) is 34.5 Å². The van der Waals surface area contributed by atoms with Gasteiger partial charge < -0.3 is 15.4 Å². The number of hydrogen-bond donors (Lipinski definition) is 2. The second-order valence-electron chi connectivity index (χ2n) is 5.83. The lowest BCUT2D eigenvalue weighted by molar-refractivity contribution is 0.0951. The molecule has 1 aliphatic rings. The molecule has 1 atom stereocenters. The monoisotopic (exact) mass is 345 g/mol. The van der Waals surface area contributed by atoms with E-state index in [0.717, 1.165) is 19.5 Å². The molecule has 3 rings (SSSR count). The van der Waals surface area contributed by atoms with Gasteiger partial charge in [0.15, 0.2) is 0 Å². The molecule has 1 aromatic heterocycles. The number of ether oxygens (including phenoxy) is 1. The molecular formula is C18H20ClN3O2. The standard InChI is InChI=1S/C18H20ClN3O2/c19-16-11-14(18(23)22-10-4-13-3-7-21-12-13)1-2-17(16)24-15-5-8-20-9-6-15/h1-2,5-6,8-9,11,13,21H,3-4,7,10,12H2,(H,22,23). The number of nitrogens with zero attached hydrogens (tertiary/aromatic N) is 1. The van der Waals surface area contributed by atoms with Gasteiger partial charge in [-0.15, -0.1) is 0 Å². The quantitative estimate of drug-likeness (QED) is 0.843. The number of carbonyl (C=O) groups is 1. The van der Waals surface area contributed by atoms with Crippen LogP contribution in [0.25, 0.3) is 0 Å². The highest BCUT2D eigenvalue weighted by Crippen LogP contribution is 2.29. The summed E-state index contributed by atoms with van der Waals surface area (Å²) >= 11 is 6.23. The predicted molar refractivity (Wildman–Crippen MR) is 93.7 cm³/mol. The number of amides is 1. The van der Waals surface area contributed by atoms with Crippen molar-refractivity contribution in [3.8, 4) is 11.5 Å². The van der Waals surface area contributed by atoms with E-state index in [1.54, 1.807) is 42.7 Å². The Morgan fingerprint density at radius 2 is 2.17 bits per heavy atom. The first-order valence-electron chi connectivity index (χ1n) is 8.09. The van der Waals surface area contributed by atoms with Crippen molar-refractivity contribution >= 4 is 17.5 Å². The van der Waals surface area contributed by atoms with Gasteiger partial charge in [0.2, 0.25) is 0 Å². The van der Waals surface area contributed by atoms with Crippen LogP contribution in [0.3, 0.4) is 0 Å². The smallest absolute Gasteiger partial charge is 0.251 e. The maximum absolute atomic E-state index is 12.2. The number of carbonyl (C=O) groups excluding carboxylic acids is 1. The zero-order valence-electron chi connectivity index (χ0n) is 13.3. The van der Waals surface area contributed by atoms with E-state index in [2.05, 4.69) is 15.6 Å². The van der Waals surface area contributed by atoms with Crippen molar-refractivity contribution in [1.82, 2.24) is 15.6 Å². The molecule has 1 unspecified atom stereocenters. The van der Waals surface area contributed by atoms with Gasteiger partial charge in [-0.1, -0.05) is 11.6 Å². The van der Waals surface area contributed by atoms with Crippen molar-refractivity contribution in [3.63, 3.8) is 0 Å². The van der Waals surface area contributed by atoms with Gasteiger partial charge in [-0.05, 0) is 62.2 Å². The van der Waals surface area contributed by atoms with Gasteiger partial charge in [-0.3, -0.25) is 9.78 Å². The minimum Gasteiger partial charge on any atom is -0.456 e. The lowest BCUT2D eigenvalue weighted by atomic mass is 10.1. The second-order valence-corrected chi connectivity index (χ2v) is 6.24. The van der Waals surface area contributed by atoms with Crippen LogP contribution in [0.2, 0.25) is 5.02 Å². The number of rotatable bonds is 6. The van der Waals surface area contributed by atoms with Crippen molar-refractivity contribution in [2.24, 2.45) is 5.92 Å². The highest BCUT2D eigenvalue weighted by atomic mass is 35.5. The Kier molecular flexibility index (Phi) is 5.67. The number of nitrogens with one attached hydrogen (secondary N) is 2. The minimum absolute atomic E-state index is 0.113. The van der Waals surface area contributed by atoms with Crippen LogP contribution in [0.5, 0.6) is 11.5 Å². The van der Waals surface area contributed by atoms with E-state index in [4.69, 9.17) is 16.3 Å². The number of halogens is 1. The van der Waals surface area contributed by atoms with Crippen LogP contribution in [-0.4, -0.2) is 30.5 Å². The van der Waals surface area contributed by atoms with E-state index >= 15 is 0 Å². The molecule has 2 N–H and O–H groups in total. The zero-order chi connectivity index (χ0) is 16.8. The highest BCUT2D eigenvalue weighted by molar-refractivity contribution is 6.32. The molecule has 0 radical (unpaired) electrons. The summed E-state index contributed by atoms with van der Waals surface area (Å²) < 4.78 is 5.68. The maximum atomic E-state index is 12.2. The molecule has 1 aromatic carbocycles. The average molecular weight is 346 g/mol. The number of benzene rings is 1. The molecule has 2 aromatic rings. The maximum Gasteiger partial charge on any atom is 0.251 e. The zero-order valence-corrected chi connectivity index (χ0v) is 14.1. The van der Waals surface area contributed by atoms with Crippen LogP contribution in [0.4, 0.5) is 0 Å². The van der Waals surface area contributed by atoms with E-state index in [1.165, 1.54) is 6.42 Å². The van der Waals surface area contributed by atoms with Crippen molar-refractivity contribution in [3.05, 3.63) is 53.3 Å². The summed E-state index contributed by atoms with van der Waals surface area (Å²) in [4.78, 5) is 16.1. The third-order valence-corrected chi connectivity index (χ3v) is 4.37. The summed E-state index contributed by atoms with van der Waals surface area (Å²) in [6, 6.07) is 8.54. The molecule has 1 amide bonds. The third-order valence-electron chi connectivity index (χ3n) is 4.07. The van der Waals surface area contributed by atoms with Crippen molar-refractivity contribution in [2.75, 3.05) is 19.6 Å². The van der Waals surface area contributed by atoms with E-state index in [1.807, 2.05) is 0 Å². The molecule has 126 valence electrons. The van der Waals surface area contributed by atoms with Gasteiger partial charge in [-0.2, -0.15) is 0 Å². The van der Waals surface area contributed by atoms with E-state index in [-0.39, 0.29) is 5.91 Å². The fourth-order valence-electron chi connectivity index (χ4n) is 2.71. The predicted octanol–water partition coefficient (Wildman–Crippen LogP) is 3.26. The summed E-state index contributed by atoms with van der Waals surface area (Å²) in [6.07, 6.45) is 5.47. The normalized spacial score (nSPS) is 16.8. The molecule has 1 fully saturated rings.